The number of rotatable bonds is 6. The number of sulfonamides is 1. The van der Waals surface area contributed by atoms with Gasteiger partial charge in [-0.2, -0.15) is 5.10 Å². The van der Waals surface area contributed by atoms with Crippen LogP contribution >= 0.6 is 31.9 Å². The summed E-state index contributed by atoms with van der Waals surface area (Å²) in [5, 5.41) is 4.95. The molecule has 8 heteroatoms. The van der Waals surface area contributed by atoms with Crippen molar-refractivity contribution in [2.45, 2.75) is 23.8 Å². The Balaban J connectivity index is 3.00. The molecule has 17 heavy (non-hydrogen) atoms. The van der Waals surface area contributed by atoms with Gasteiger partial charge in [-0.15, -0.1) is 0 Å². The van der Waals surface area contributed by atoms with Crippen LogP contribution in [0.4, 0.5) is 0 Å². The zero-order valence-corrected chi connectivity index (χ0v) is 13.6. The number of hydrogen-bond acceptors (Lipinski definition) is 3. The van der Waals surface area contributed by atoms with Crippen LogP contribution in [0, 0.1) is 0 Å². The average Bonchev–Trinajstić information content (AvgIpc) is 2.74. The molecule has 1 aromatic rings. The molecule has 0 aliphatic heterocycles. The van der Waals surface area contributed by atoms with E-state index in [9.17, 15) is 8.42 Å². The molecular formula is C9H15Br2N3O2S. The smallest absolute Gasteiger partial charge is 0.244 e. The molecule has 0 amide bonds. The highest BCUT2D eigenvalue weighted by molar-refractivity contribution is 9.09. The van der Waals surface area contributed by atoms with Gasteiger partial charge in [-0.25, -0.2) is 13.1 Å². The number of alkyl halides is 2. The Morgan fingerprint density at radius 3 is 2.41 bits per heavy atom. The van der Waals surface area contributed by atoms with Gasteiger partial charge in [0, 0.05) is 23.9 Å². The van der Waals surface area contributed by atoms with Crippen molar-refractivity contribution in [1.82, 2.24) is 14.5 Å². The van der Waals surface area contributed by atoms with Crippen LogP contribution in [0.5, 0.6) is 0 Å². The van der Waals surface area contributed by atoms with Crippen molar-refractivity contribution < 1.29 is 8.42 Å². The lowest BCUT2D eigenvalue weighted by Gasteiger charge is -2.29. The molecule has 0 atom stereocenters. The first-order chi connectivity index (χ1) is 7.89. The second-order valence-corrected chi connectivity index (χ2v) is 6.66. The van der Waals surface area contributed by atoms with Gasteiger partial charge in [0.05, 0.1) is 11.7 Å². The zero-order valence-electron chi connectivity index (χ0n) is 9.65. The molecule has 0 saturated carbocycles. The second kappa shape index (κ2) is 5.81. The Bertz CT molecular complexity index is 460. The minimum atomic E-state index is -3.53. The fourth-order valence-electron chi connectivity index (χ4n) is 1.23. The van der Waals surface area contributed by atoms with Crippen LogP contribution in [0.2, 0.25) is 0 Å². The van der Waals surface area contributed by atoms with Gasteiger partial charge < -0.3 is 0 Å². The number of nitrogens with one attached hydrogen (secondary N) is 1. The summed E-state index contributed by atoms with van der Waals surface area (Å²) in [6, 6.07) is 0. The van der Waals surface area contributed by atoms with E-state index >= 15 is 0 Å². The van der Waals surface area contributed by atoms with E-state index in [1.807, 2.05) is 6.92 Å². The topological polar surface area (TPSA) is 64.0 Å². The lowest BCUT2D eigenvalue weighted by Crippen LogP contribution is -2.50. The van der Waals surface area contributed by atoms with Gasteiger partial charge in [-0.1, -0.05) is 38.8 Å². The molecule has 0 bridgehead atoms. The first kappa shape index (κ1) is 15.1. The zero-order chi connectivity index (χ0) is 13.1. The monoisotopic (exact) mass is 387 g/mol. The van der Waals surface area contributed by atoms with Crippen LogP contribution in [0.25, 0.3) is 0 Å². The molecular weight excluding hydrogens is 374 g/mol. The summed E-state index contributed by atoms with van der Waals surface area (Å²) in [5.41, 5.74) is -0.519. The van der Waals surface area contributed by atoms with Crippen molar-refractivity contribution in [2.75, 3.05) is 10.7 Å². The van der Waals surface area contributed by atoms with Gasteiger partial charge in [-0.3, -0.25) is 4.68 Å². The molecule has 0 unspecified atom stereocenters. The molecule has 1 heterocycles. The van der Waals surface area contributed by atoms with Gasteiger partial charge in [0.2, 0.25) is 10.0 Å². The molecule has 0 spiro atoms. The Labute approximate surface area is 118 Å². The normalized spacial score (nSPS) is 12.9. The first-order valence-corrected chi connectivity index (χ1v) is 8.76. The van der Waals surface area contributed by atoms with Crippen molar-refractivity contribution in [1.29, 1.82) is 0 Å². The van der Waals surface area contributed by atoms with Crippen molar-refractivity contribution in [3.63, 3.8) is 0 Å². The summed E-state index contributed by atoms with van der Waals surface area (Å²) in [6.45, 7) is 1.94. The molecule has 0 fully saturated rings. The number of aromatic nitrogens is 2. The quantitative estimate of drug-likeness (QED) is 0.753. The van der Waals surface area contributed by atoms with Gasteiger partial charge in [0.25, 0.3) is 0 Å². The largest absolute Gasteiger partial charge is 0.274 e. The predicted octanol–water partition coefficient (Wildman–Crippen LogP) is 1.64. The third kappa shape index (κ3) is 3.52. The first-order valence-electron chi connectivity index (χ1n) is 5.03. The molecule has 1 aromatic heterocycles. The molecule has 5 nitrogen and oxygen atoms in total. The van der Waals surface area contributed by atoms with Crippen molar-refractivity contribution in [3.8, 4) is 0 Å². The predicted molar refractivity (Wildman–Crippen MR) is 74.1 cm³/mol. The third-order valence-electron chi connectivity index (χ3n) is 2.53. The Kier molecular flexibility index (Phi) is 5.18. The number of aryl methyl sites for hydroxylation is 1. The third-order valence-corrected chi connectivity index (χ3v) is 6.21. The van der Waals surface area contributed by atoms with Crippen LogP contribution in [-0.4, -0.2) is 34.4 Å². The lowest BCUT2D eigenvalue weighted by atomic mass is 10.0. The van der Waals surface area contributed by atoms with E-state index in [1.54, 1.807) is 7.05 Å². The molecule has 0 radical (unpaired) electrons. The molecule has 0 aliphatic rings. The molecule has 0 aliphatic carbocycles. The van der Waals surface area contributed by atoms with E-state index < -0.39 is 15.6 Å². The molecule has 1 N–H and O–H groups in total. The van der Waals surface area contributed by atoms with Crippen LogP contribution < -0.4 is 4.72 Å². The van der Waals surface area contributed by atoms with E-state index in [-0.39, 0.29) is 4.90 Å². The standard InChI is InChI=1S/C9H15Br2N3O2S/c1-3-9(6-10,7-11)13-17(15,16)8-4-12-14(2)5-8/h4-5,13H,3,6-7H2,1-2H3. The Hall–Kier alpha value is 0.0800. The van der Waals surface area contributed by atoms with Crippen molar-refractivity contribution in [2.24, 2.45) is 7.05 Å². The van der Waals surface area contributed by atoms with Crippen LogP contribution in [-0.2, 0) is 17.1 Å². The van der Waals surface area contributed by atoms with Crippen molar-refractivity contribution in [3.05, 3.63) is 12.4 Å². The maximum absolute atomic E-state index is 12.1. The molecule has 0 saturated heterocycles. The number of halogens is 2. The molecule has 1 rings (SSSR count). The summed E-state index contributed by atoms with van der Waals surface area (Å²) >= 11 is 6.69. The van der Waals surface area contributed by atoms with Gasteiger partial charge in [-0.05, 0) is 6.42 Å². The van der Waals surface area contributed by atoms with E-state index in [2.05, 4.69) is 41.7 Å². The lowest BCUT2D eigenvalue weighted by molar-refractivity contribution is 0.459. The maximum Gasteiger partial charge on any atom is 0.244 e. The van der Waals surface area contributed by atoms with Crippen LogP contribution in [0.3, 0.4) is 0 Å². The van der Waals surface area contributed by atoms with E-state index in [4.69, 9.17) is 0 Å². The fourth-order valence-corrected chi connectivity index (χ4v) is 5.06. The number of nitrogens with zero attached hydrogens (tertiary/aromatic N) is 2. The van der Waals surface area contributed by atoms with E-state index in [1.165, 1.54) is 17.1 Å². The molecule has 0 aromatic carbocycles. The summed E-state index contributed by atoms with van der Waals surface area (Å²) in [5.74, 6) is 0. The van der Waals surface area contributed by atoms with Gasteiger partial charge in [0.1, 0.15) is 4.90 Å². The minimum absolute atomic E-state index is 0.180. The average molecular weight is 389 g/mol. The van der Waals surface area contributed by atoms with Crippen molar-refractivity contribution >= 4 is 41.9 Å². The van der Waals surface area contributed by atoms with E-state index in [0.717, 1.165) is 0 Å². The maximum atomic E-state index is 12.1. The van der Waals surface area contributed by atoms with Crippen LogP contribution in [0.15, 0.2) is 17.3 Å². The summed E-state index contributed by atoms with van der Waals surface area (Å²) in [6.07, 6.45) is 3.50. The van der Waals surface area contributed by atoms with E-state index in [0.29, 0.717) is 17.1 Å². The SMILES string of the molecule is CCC(CBr)(CBr)NS(=O)(=O)c1cnn(C)c1. The molecule has 98 valence electrons. The fraction of sp³-hybridized carbons (Fsp3) is 0.667. The Morgan fingerprint density at radius 1 is 1.47 bits per heavy atom. The Morgan fingerprint density at radius 2 is 2.06 bits per heavy atom. The second-order valence-electron chi connectivity index (χ2n) is 3.86. The highest BCUT2D eigenvalue weighted by Gasteiger charge is 2.32. The summed E-state index contributed by atoms with van der Waals surface area (Å²) < 4.78 is 28.4. The minimum Gasteiger partial charge on any atom is -0.274 e. The number of hydrogen-bond donors (Lipinski definition) is 1. The highest BCUT2D eigenvalue weighted by atomic mass is 79.9. The summed E-state index contributed by atoms with van der Waals surface area (Å²) in [7, 11) is -1.85. The van der Waals surface area contributed by atoms with Gasteiger partial charge in [0.15, 0.2) is 0 Å². The highest BCUT2D eigenvalue weighted by Crippen LogP contribution is 2.20. The van der Waals surface area contributed by atoms with Crippen LogP contribution in [0.1, 0.15) is 13.3 Å². The van der Waals surface area contributed by atoms with Gasteiger partial charge >= 0.3 is 0 Å². The summed E-state index contributed by atoms with van der Waals surface area (Å²) in [4.78, 5) is 0.180.